The standard InChI is InChI=1S/C20H21NO3/c1-23-18-9-10-19-16(13-18)12-17(14-24-19)20(22)21-11-5-8-15-6-3-2-4-7-15/h2-4,6-7,9-10,12-13H,5,8,11,14H2,1H3,(H,21,22). The van der Waals surface area contributed by atoms with Crippen molar-refractivity contribution >= 4 is 12.0 Å². The average molecular weight is 323 g/mol. The third-order valence-corrected chi connectivity index (χ3v) is 3.99. The molecule has 0 saturated heterocycles. The Bertz CT molecular complexity index is 738. The number of methoxy groups -OCH3 is 1. The summed E-state index contributed by atoms with van der Waals surface area (Å²) in [5.74, 6) is 1.45. The molecule has 0 unspecified atom stereocenters. The summed E-state index contributed by atoms with van der Waals surface area (Å²) in [5, 5.41) is 2.96. The molecule has 0 spiro atoms. The molecule has 1 aliphatic heterocycles. The van der Waals surface area contributed by atoms with E-state index in [2.05, 4.69) is 17.4 Å². The summed E-state index contributed by atoms with van der Waals surface area (Å²) >= 11 is 0. The Morgan fingerprint density at radius 3 is 2.83 bits per heavy atom. The molecule has 2 aromatic rings. The van der Waals surface area contributed by atoms with E-state index in [9.17, 15) is 4.79 Å². The van der Waals surface area contributed by atoms with E-state index >= 15 is 0 Å². The van der Waals surface area contributed by atoms with Crippen LogP contribution in [0.5, 0.6) is 11.5 Å². The van der Waals surface area contributed by atoms with Crippen LogP contribution in [0.15, 0.2) is 54.1 Å². The molecule has 0 fully saturated rings. The summed E-state index contributed by atoms with van der Waals surface area (Å²) in [7, 11) is 1.62. The van der Waals surface area contributed by atoms with Crippen molar-refractivity contribution in [3.05, 3.63) is 65.2 Å². The molecule has 1 heterocycles. The molecule has 0 atom stereocenters. The van der Waals surface area contributed by atoms with Crippen LogP contribution in [0.25, 0.3) is 6.08 Å². The number of carbonyl (C=O) groups is 1. The topological polar surface area (TPSA) is 47.6 Å². The number of amides is 1. The Morgan fingerprint density at radius 1 is 1.21 bits per heavy atom. The van der Waals surface area contributed by atoms with Gasteiger partial charge in [-0.15, -0.1) is 0 Å². The van der Waals surface area contributed by atoms with Crippen molar-refractivity contribution in [3.8, 4) is 11.5 Å². The summed E-state index contributed by atoms with van der Waals surface area (Å²) in [6.45, 7) is 0.944. The molecule has 2 aromatic carbocycles. The zero-order valence-corrected chi connectivity index (χ0v) is 13.7. The molecule has 124 valence electrons. The Morgan fingerprint density at radius 2 is 2.04 bits per heavy atom. The van der Waals surface area contributed by atoms with Crippen LogP contribution in [0.4, 0.5) is 0 Å². The van der Waals surface area contributed by atoms with Gasteiger partial charge in [0.25, 0.3) is 5.91 Å². The van der Waals surface area contributed by atoms with Gasteiger partial charge in [0.1, 0.15) is 18.1 Å². The fourth-order valence-corrected chi connectivity index (χ4v) is 2.67. The van der Waals surface area contributed by atoms with E-state index in [1.165, 1.54) is 5.56 Å². The number of ether oxygens (including phenoxy) is 2. The molecule has 1 amide bonds. The number of rotatable bonds is 6. The second-order valence-corrected chi connectivity index (χ2v) is 5.71. The van der Waals surface area contributed by atoms with Crippen molar-refractivity contribution < 1.29 is 14.3 Å². The highest BCUT2D eigenvalue weighted by Gasteiger charge is 2.17. The number of carbonyl (C=O) groups excluding carboxylic acids is 1. The third kappa shape index (κ3) is 3.96. The van der Waals surface area contributed by atoms with E-state index in [1.807, 2.05) is 42.5 Å². The maximum atomic E-state index is 12.3. The lowest BCUT2D eigenvalue weighted by molar-refractivity contribution is -0.117. The van der Waals surface area contributed by atoms with E-state index in [1.54, 1.807) is 7.11 Å². The predicted octanol–water partition coefficient (Wildman–Crippen LogP) is 3.22. The highest BCUT2D eigenvalue weighted by molar-refractivity contribution is 5.99. The van der Waals surface area contributed by atoms with Crippen molar-refractivity contribution in [2.75, 3.05) is 20.3 Å². The molecule has 24 heavy (non-hydrogen) atoms. The van der Waals surface area contributed by atoms with Gasteiger partial charge >= 0.3 is 0 Å². The molecule has 4 nitrogen and oxygen atoms in total. The Balaban J connectivity index is 1.54. The van der Waals surface area contributed by atoms with Crippen LogP contribution >= 0.6 is 0 Å². The van der Waals surface area contributed by atoms with E-state index in [-0.39, 0.29) is 5.91 Å². The zero-order valence-electron chi connectivity index (χ0n) is 13.7. The fourth-order valence-electron chi connectivity index (χ4n) is 2.67. The van der Waals surface area contributed by atoms with Gasteiger partial charge in [0.2, 0.25) is 0 Å². The minimum Gasteiger partial charge on any atom is -0.497 e. The van der Waals surface area contributed by atoms with Gasteiger partial charge in [-0.2, -0.15) is 0 Å². The fraction of sp³-hybridized carbons (Fsp3) is 0.250. The van der Waals surface area contributed by atoms with Gasteiger partial charge < -0.3 is 14.8 Å². The maximum Gasteiger partial charge on any atom is 0.250 e. The third-order valence-electron chi connectivity index (χ3n) is 3.99. The summed E-state index contributed by atoms with van der Waals surface area (Å²) in [4.78, 5) is 12.3. The maximum absolute atomic E-state index is 12.3. The second kappa shape index (κ2) is 7.68. The van der Waals surface area contributed by atoms with E-state index in [0.29, 0.717) is 18.7 Å². The number of hydrogen-bond acceptors (Lipinski definition) is 3. The average Bonchev–Trinajstić information content (AvgIpc) is 2.65. The van der Waals surface area contributed by atoms with Crippen LogP contribution < -0.4 is 14.8 Å². The minimum atomic E-state index is -0.0727. The van der Waals surface area contributed by atoms with Gasteiger partial charge in [0, 0.05) is 12.1 Å². The first-order valence-corrected chi connectivity index (χ1v) is 8.10. The smallest absolute Gasteiger partial charge is 0.250 e. The zero-order chi connectivity index (χ0) is 16.8. The lowest BCUT2D eigenvalue weighted by atomic mass is 10.1. The van der Waals surface area contributed by atoms with Crippen LogP contribution in [0.2, 0.25) is 0 Å². The molecular weight excluding hydrogens is 302 g/mol. The first-order chi connectivity index (χ1) is 11.8. The molecule has 0 saturated carbocycles. The number of aryl methyl sites for hydroxylation is 1. The van der Waals surface area contributed by atoms with Crippen LogP contribution in [0.3, 0.4) is 0 Å². The second-order valence-electron chi connectivity index (χ2n) is 5.71. The van der Waals surface area contributed by atoms with Crippen molar-refractivity contribution in [1.29, 1.82) is 0 Å². The summed E-state index contributed by atoms with van der Waals surface area (Å²) < 4.78 is 10.9. The number of hydrogen-bond donors (Lipinski definition) is 1. The molecule has 1 N–H and O–H groups in total. The van der Waals surface area contributed by atoms with Crippen molar-refractivity contribution in [2.45, 2.75) is 12.8 Å². The predicted molar refractivity (Wildman–Crippen MR) is 94.2 cm³/mol. The van der Waals surface area contributed by atoms with Gasteiger partial charge in [0.15, 0.2) is 0 Å². The monoisotopic (exact) mass is 323 g/mol. The molecule has 1 aliphatic rings. The van der Waals surface area contributed by atoms with Crippen LogP contribution in [-0.2, 0) is 11.2 Å². The molecule has 0 aromatic heterocycles. The van der Waals surface area contributed by atoms with Crippen molar-refractivity contribution in [3.63, 3.8) is 0 Å². The molecule has 3 rings (SSSR count). The van der Waals surface area contributed by atoms with E-state index in [0.717, 1.165) is 29.9 Å². The molecular formula is C20H21NO3. The first-order valence-electron chi connectivity index (χ1n) is 8.10. The molecule has 4 heteroatoms. The normalized spacial score (nSPS) is 12.6. The highest BCUT2D eigenvalue weighted by Crippen LogP contribution is 2.29. The summed E-state index contributed by atoms with van der Waals surface area (Å²) in [6, 6.07) is 15.9. The number of nitrogens with one attached hydrogen (secondary N) is 1. The van der Waals surface area contributed by atoms with Crippen LogP contribution in [0, 0.1) is 0 Å². The SMILES string of the molecule is COc1ccc2c(c1)C=C(C(=O)NCCCc1ccccc1)CO2. The van der Waals surface area contributed by atoms with Gasteiger partial charge in [-0.25, -0.2) is 0 Å². The Kier molecular flexibility index (Phi) is 5.16. The van der Waals surface area contributed by atoms with Crippen LogP contribution in [0.1, 0.15) is 17.5 Å². The largest absolute Gasteiger partial charge is 0.497 e. The summed E-state index contributed by atoms with van der Waals surface area (Å²) in [5.41, 5.74) is 2.79. The van der Waals surface area contributed by atoms with Gasteiger partial charge in [-0.3, -0.25) is 4.79 Å². The Labute approximate surface area is 142 Å². The minimum absolute atomic E-state index is 0.0727. The molecule has 0 aliphatic carbocycles. The summed E-state index contributed by atoms with van der Waals surface area (Å²) in [6.07, 6.45) is 3.74. The number of benzene rings is 2. The van der Waals surface area contributed by atoms with Gasteiger partial charge in [-0.05, 0) is 42.7 Å². The lowest BCUT2D eigenvalue weighted by Gasteiger charge is -2.18. The van der Waals surface area contributed by atoms with Crippen molar-refractivity contribution in [1.82, 2.24) is 5.32 Å². The van der Waals surface area contributed by atoms with E-state index in [4.69, 9.17) is 9.47 Å². The highest BCUT2D eigenvalue weighted by atomic mass is 16.5. The Hall–Kier alpha value is -2.75. The lowest BCUT2D eigenvalue weighted by Crippen LogP contribution is -2.29. The van der Waals surface area contributed by atoms with E-state index < -0.39 is 0 Å². The van der Waals surface area contributed by atoms with Crippen LogP contribution in [-0.4, -0.2) is 26.2 Å². The molecule has 0 radical (unpaired) electrons. The van der Waals surface area contributed by atoms with Gasteiger partial charge in [-0.1, -0.05) is 30.3 Å². The quantitative estimate of drug-likeness (QED) is 0.830. The van der Waals surface area contributed by atoms with Gasteiger partial charge in [0.05, 0.1) is 12.7 Å². The molecule has 0 bridgehead atoms. The number of fused-ring (bicyclic) bond motifs is 1. The van der Waals surface area contributed by atoms with Crippen molar-refractivity contribution in [2.24, 2.45) is 0 Å². The first kappa shape index (κ1) is 16.1.